The van der Waals surface area contributed by atoms with Crippen LogP contribution in [0.2, 0.25) is 0 Å². The molecule has 1 aliphatic carbocycles. The average Bonchev–Trinajstić information content (AvgIpc) is 2.07. The zero-order valence-corrected chi connectivity index (χ0v) is 7.29. The summed E-state index contributed by atoms with van der Waals surface area (Å²) in [5.74, 6) is -1.56. The average molecular weight is 180 g/mol. The maximum Gasteiger partial charge on any atom is 0.221 e. The SMILES string of the molecule is COC1=C(C(C)=O)C(=O)C=CC1=O. The maximum atomic E-state index is 11.2. The molecule has 0 saturated carbocycles. The first-order valence-electron chi connectivity index (χ1n) is 3.64. The van der Waals surface area contributed by atoms with E-state index in [1.165, 1.54) is 14.0 Å². The van der Waals surface area contributed by atoms with Crippen LogP contribution >= 0.6 is 0 Å². The largest absolute Gasteiger partial charge is 0.492 e. The van der Waals surface area contributed by atoms with E-state index in [1.54, 1.807) is 0 Å². The number of hydrogen-bond acceptors (Lipinski definition) is 4. The molecule has 4 nitrogen and oxygen atoms in total. The number of rotatable bonds is 2. The second kappa shape index (κ2) is 3.35. The minimum atomic E-state index is -0.482. The number of allylic oxidation sites excluding steroid dienone is 3. The Balaban J connectivity index is 3.27. The van der Waals surface area contributed by atoms with Gasteiger partial charge in [0, 0.05) is 0 Å². The van der Waals surface area contributed by atoms with Gasteiger partial charge in [0.2, 0.25) is 5.78 Å². The molecule has 4 heteroatoms. The van der Waals surface area contributed by atoms with E-state index in [4.69, 9.17) is 0 Å². The predicted octanol–water partition coefficient (Wildman–Crippen LogP) is 0.184. The zero-order valence-electron chi connectivity index (χ0n) is 7.29. The third kappa shape index (κ3) is 1.56. The molecule has 0 spiro atoms. The monoisotopic (exact) mass is 180 g/mol. The highest BCUT2D eigenvalue weighted by atomic mass is 16.5. The maximum absolute atomic E-state index is 11.2. The molecule has 13 heavy (non-hydrogen) atoms. The molecule has 0 N–H and O–H groups in total. The topological polar surface area (TPSA) is 60.4 Å². The van der Waals surface area contributed by atoms with Crippen molar-refractivity contribution in [2.24, 2.45) is 0 Å². The Morgan fingerprint density at radius 3 is 2.15 bits per heavy atom. The van der Waals surface area contributed by atoms with Crippen LogP contribution in [0.4, 0.5) is 0 Å². The summed E-state index contributed by atoms with van der Waals surface area (Å²) in [5, 5.41) is 0. The van der Waals surface area contributed by atoms with Crippen LogP contribution in [0.3, 0.4) is 0 Å². The number of carbonyl (C=O) groups is 3. The Morgan fingerprint density at radius 1 is 1.23 bits per heavy atom. The third-order valence-electron chi connectivity index (χ3n) is 1.64. The van der Waals surface area contributed by atoms with Crippen LogP contribution in [0.1, 0.15) is 6.92 Å². The first-order chi connectivity index (χ1) is 6.07. The van der Waals surface area contributed by atoms with E-state index in [9.17, 15) is 14.4 Å². The highest BCUT2D eigenvalue weighted by molar-refractivity contribution is 6.31. The van der Waals surface area contributed by atoms with Gasteiger partial charge in [0.05, 0.1) is 7.11 Å². The molecule has 0 atom stereocenters. The molecule has 68 valence electrons. The third-order valence-corrected chi connectivity index (χ3v) is 1.64. The number of ether oxygens (including phenoxy) is 1. The predicted molar refractivity (Wildman–Crippen MR) is 43.9 cm³/mol. The van der Waals surface area contributed by atoms with Gasteiger partial charge >= 0.3 is 0 Å². The highest BCUT2D eigenvalue weighted by Gasteiger charge is 2.26. The van der Waals surface area contributed by atoms with Gasteiger partial charge in [-0.05, 0) is 19.1 Å². The van der Waals surface area contributed by atoms with Gasteiger partial charge in [-0.1, -0.05) is 0 Å². The lowest BCUT2D eigenvalue weighted by Gasteiger charge is -2.10. The number of ketones is 3. The molecule has 0 unspecified atom stereocenters. The molecule has 0 bridgehead atoms. The van der Waals surface area contributed by atoms with Crippen LogP contribution in [0.25, 0.3) is 0 Å². The smallest absolute Gasteiger partial charge is 0.221 e. The highest BCUT2D eigenvalue weighted by Crippen LogP contribution is 2.15. The van der Waals surface area contributed by atoms with Gasteiger partial charge in [0.25, 0.3) is 0 Å². The molecule has 0 radical (unpaired) electrons. The van der Waals surface area contributed by atoms with Crippen LogP contribution in [-0.2, 0) is 19.1 Å². The van der Waals surface area contributed by atoms with E-state index in [1.807, 2.05) is 0 Å². The fourth-order valence-corrected chi connectivity index (χ4v) is 1.08. The van der Waals surface area contributed by atoms with Crippen LogP contribution < -0.4 is 0 Å². The first-order valence-corrected chi connectivity index (χ1v) is 3.64. The lowest BCUT2D eigenvalue weighted by atomic mass is 9.99. The number of methoxy groups -OCH3 is 1. The van der Waals surface area contributed by atoms with Crippen molar-refractivity contribution in [2.75, 3.05) is 7.11 Å². The number of carbonyl (C=O) groups excluding carboxylic acids is 3. The van der Waals surface area contributed by atoms with Gasteiger partial charge in [-0.2, -0.15) is 0 Å². The Labute approximate surface area is 74.9 Å². The molecule has 0 amide bonds. The minimum Gasteiger partial charge on any atom is -0.492 e. The van der Waals surface area contributed by atoms with Crippen molar-refractivity contribution in [1.29, 1.82) is 0 Å². The van der Waals surface area contributed by atoms with Crippen LogP contribution in [0, 0.1) is 0 Å². The Morgan fingerprint density at radius 2 is 1.77 bits per heavy atom. The summed E-state index contributed by atoms with van der Waals surface area (Å²) in [4.78, 5) is 33.2. The van der Waals surface area contributed by atoms with Gasteiger partial charge in [0.1, 0.15) is 5.57 Å². The van der Waals surface area contributed by atoms with Crippen molar-refractivity contribution in [3.8, 4) is 0 Å². The molecular weight excluding hydrogens is 172 g/mol. The van der Waals surface area contributed by atoms with Gasteiger partial charge < -0.3 is 4.74 Å². The first kappa shape index (κ1) is 9.38. The van der Waals surface area contributed by atoms with E-state index in [0.717, 1.165) is 12.2 Å². The molecule has 0 fully saturated rings. The Kier molecular flexibility index (Phi) is 2.41. The van der Waals surface area contributed by atoms with Crippen LogP contribution in [0.15, 0.2) is 23.5 Å². The fraction of sp³-hybridized carbons (Fsp3) is 0.222. The molecule has 1 aliphatic rings. The summed E-state index contributed by atoms with van der Waals surface area (Å²) in [6.45, 7) is 1.22. The second-order valence-electron chi connectivity index (χ2n) is 2.53. The molecule has 1 rings (SSSR count). The molecule has 0 saturated heterocycles. The van der Waals surface area contributed by atoms with E-state index < -0.39 is 17.3 Å². The fourth-order valence-electron chi connectivity index (χ4n) is 1.08. The van der Waals surface area contributed by atoms with Crippen molar-refractivity contribution in [3.63, 3.8) is 0 Å². The summed E-state index contributed by atoms with van der Waals surface area (Å²) >= 11 is 0. The van der Waals surface area contributed by atoms with Gasteiger partial charge in [-0.3, -0.25) is 14.4 Å². The van der Waals surface area contributed by atoms with E-state index in [2.05, 4.69) is 4.74 Å². The van der Waals surface area contributed by atoms with E-state index >= 15 is 0 Å². The molecule has 0 aromatic heterocycles. The summed E-state index contributed by atoms with van der Waals surface area (Å²) in [7, 11) is 1.25. The van der Waals surface area contributed by atoms with Gasteiger partial charge in [-0.15, -0.1) is 0 Å². The normalized spacial score (nSPS) is 16.5. The standard InChI is InChI=1S/C9H8O4/c1-5(10)8-6(11)3-4-7(12)9(8)13-2/h3-4H,1-2H3. The molecule has 0 aliphatic heterocycles. The van der Waals surface area contributed by atoms with Gasteiger partial charge in [0.15, 0.2) is 17.3 Å². The molecule has 0 aromatic carbocycles. The number of hydrogen-bond donors (Lipinski definition) is 0. The Bertz CT molecular complexity index is 347. The lowest BCUT2D eigenvalue weighted by Crippen LogP contribution is -2.20. The summed E-state index contributed by atoms with van der Waals surface area (Å²) in [6, 6.07) is 0. The van der Waals surface area contributed by atoms with Gasteiger partial charge in [-0.25, -0.2) is 0 Å². The van der Waals surface area contributed by atoms with Crippen LogP contribution in [-0.4, -0.2) is 24.5 Å². The van der Waals surface area contributed by atoms with E-state index in [-0.39, 0.29) is 11.3 Å². The minimum absolute atomic E-state index is 0.167. The summed E-state index contributed by atoms with van der Waals surface area (Å²) in [5.41, 5.74) is -0.171. The van der Waals surface area contributed by atoms with Crippen molar-refractivity contribution in [2.45, 2.75) is 6.92 Å². The lowest BCUT2D eigenvalue weighted by molar-refractivity contribution is -0.121. The van der Waals surface area contributed by atoms with Crippen molar-refractivity contribution < 1.29 is 19.1 Å². The summed E-state index contributed by atoms with van der Waals surface area (Å²) in [6.07, 6.45) is 2.16. The zero-order chi connectivity index (χ0) is 10.0. The second-order valence-corrected chi connectivity index (χ2v) is 2.53. The quantitative estimate of drug-likeness (QED) is 0.449. The van der Waals surface area contributed by atoms with Crippen molar-refractivity contribution in [3.05, 3.63) is 23.5 Å². The van der Waals surface area contributed by atoms with Crippen LogP contribution in [0.5, 0.6) is 0 Å². The number of Topliss-reactive ketones (excluding diaryl/α,β-unsaturated/α-hetero) is 1. The molecule has 0 aromatic rings. The molecular formula is C9H8O4. The Hall–Kier alpha value is -1.71. The molecule has 0 heterocycles. The van der Waals surface area contributed by atoms with Crippen molar-refractivity contribution >= 4 is 17.3 Å². The van der Waals surface area contributed by atoms with Crippen molar-refractivity contribution in [1.82, 2.24) is 0 Å². The van der Waals surface area contributed by atoms with E-state index in [0.29, 0.717) is 0 Å². The summed E-state index contributed by atoms with van der Waals surface area (Å²) < 4.78 is 4.68.